The van der Waals surface area contributed by atoms with Crippen LogP contribution in [0.4, 0.5) is 22.7 Å². The summed E-state index contributed by atoms with van der Waals surface area (Å²) in [4.78, 5) is 9.05. The Morgan fingerprint density at radius 3 is 2.09 bits per heavy atom. The van der Waals surface area contributed by atoms with E-state index in [-0.39, 0.29) is 55.3 Å². The summed E-state index contributed by atoms with van der Waals surface area (Å²) in [5.74, 6) is 1.31. The van der Waals surface area contributed by atoms with Crippen molar-refractivity contribution in [2.24, 2.45) is 5.92 Å². The third kappa shape index (κ3) is 9.36. The quantitative estimate of drug-likeness (QED) is 0.128. The van der Waals surface area contributed by atoms with Gasteiger partial charge >= 0.3 is 0 Å². The molecular formula is C70H65N4OPt-3. The van der Waals surface area contributed by atoms with Gasteiger partial charge in [-0.15, -0.1) is 48.1 Å². The molecule has 384 valence electrons. The maximum atomic E-state index is 10.2. The first-order valence-corrected chi connectivity index (χ1v) is 26.3. The van der Waals surface area contributed by atoms with E-state index in [4.69, 9.17) is 12.5 Å². The minimum absolute atomic E-state index is 0. The number of para-hydroxylation sites is 4. The van der Waals surface area contributed by atoms with Gasteiger partial charge in [0, 0.05) is 75.2 Å². The van der Waals surface area contributed by atoms with Crippen LogP contribution in [-0.4, -0.2) is 9.55 Å². The Morgan fingerprint density at radius 2 is 1.33 bits per heavy atom. The Hall–Kier alpha value is -7.20. The van der Waals surface area contributed by atoms with E-state index < -0.39 is 6.37 Å². The maximum Gasteiger partial charge on any atom is 0.135 e. The van der Waals surface area contributed by atoms with Gasteiger partial charge in [0.25, 0.3) is 0 Å². The molecule has 0 bridgehead atoms. The number of nitrogens with zero attached hydrogens (tertiary/aromatic N) is 4. The monoisotopic (exact) mass is 1180 g/mol. The molecule has 10 aromatic rings. The first kappa shape index (κ1) is 45.0. The van der Waals surface area contributed by atoms with Gasteiger partial charge in [0.05, 0.1) is 4.11 Å². The van der Waals surface area contributed by atoms with Crippen molar-refractivity contribution < 1.29 is 32.7 Å². The molecule has 0 radical (unpaired) electrons. The largest absolute Gasteiger partial charge is 0.509 e. The summed E-state index contributed by atoms with van der Waals surface area (Å²) < 4.78 is 56.3. The smallest absolute Gasteiger partial charge is 0.135 e. The van der Waals surface area contributed by atoms with Crippen LogP contribution in [0, 0.1) is 24.7 Å². The summed E-state index contributed by atoms with van der Waals surface area (Å²) >= 11 is 0. The number of fused-ring (bicyclic) bond motifs is 5. The van der Waals surface area contributed by atoms with Gasteiger partial charge in [-0.05, 0) is 122 Å². The van der Waals surface area contributed by atoms with Crippen LogP contribution in [0.2, 0.25) is 0 Å². The van der Waals surface area contributed by atoms with E-state index >= 15 is 0 Å². The van der Waals surface area contributed by atoms with Gasteiger partial charge in [-0.3, -0.25) is 0 Å². The number of benzene rings is 8. The van der Waals surface area contributed by atoms with Gasteiger partial charge in [-0.2, -0.15) is 12.1 Å². The van der Waals surface area contributed by atoms with Gasteiger partial charge in [0.1, 0.15) is 5.82 Å². The van der Waals surface area contributed by atoms with Crippen LogP contribution in [0.1, 0.15) is 104 Å². The van der Waals surface area contributed by atoms with Crippen LogP contribution < -0.4 is 14.5 Å². The second-order valence-electron chi connectivity index (χ2n) is 22.9. The molecule has 1 aliphatic heterocycles. The van der Waals surface area contributed by atoms with Crippen molar-refractivity contribution in [1.82, 2.24) is 9.55 Å². The zero-order valence-electron chi connectivity index (χ0n) is 49.7. The molecule has 0 unspecified atom stereocenters. The van der Waals surface area contributed by atoms with Crippen molar-refractivity contribution in [3.05, 3.63) is 223 Å². The molecule has 1 aliphatic carbocycles. The van der Waals surface area contributed by atoms with E-state index in [1.54, 1.807) is 12.3 Å². The number of ether oxygens (including phenoxy) is 1. The normalized spacial score (nSPS) is 15.8. The first-order valence-electron chi connectivity index (χ1n) is 28.8. The van der Waals surface area contributed by atoms with E-state index in [0.717, 1.165) is 90.8 Å². The zero-order valence-corrected chi connectivity index (χ0v) is 46.9. The Bertz CT molecular complexity index is 4080. The zero-order chi connectivity index (χ0) is 56.2. The number of hydrogen-bond donors (Lipinski definition) is 0. The van der Waals surface area contributed by atoms with E-state index in [2.05, 4.69) is 150 Å². The average molecular weight is 1180 g/mol. The Kier molecular flexibility index (Phi) is 11.7. The van der Waals surface area contributed by atoms with Crippen molar-refractivity contribution in [2.45, 2.75) is 97.8 Å². The van der Waals surface area contributed by atoms with E-state index in [1.807, 2.05) is 97.3 Å². The van der Waals surface area contributed by atoms with Crippen LogP contribution in [0.5, 0.6) is 11.5 Å². The molecule has 2 aromatic heterocycles. The van der Waals surface area contributed by atoms with Crippen molar-refractivity contribution in [3.63, 3.8) is 0 Å². The molecule has 0 amide bonds. The molecule has 0 spiro atoms. The molecule has 5 nitrogen and oxygen atoms in total. The molecule has 6 heteroatoms. The van der Waals surface area contributed by atoms with E-state index in [9.17, 15) is 4.11 Å². The molecule has 0 saturated carbocycles. The van der Waals surface area contributed by atoms with Crippen LogP contribution in [0.3, 0.4) is 0 Å². The van der Waals surface area contributed by atoms with Crippen LogP contribution >= 0.6 is 0 Å². The number of rotatable bonds is 10. The van der Waals surface area contributed by atoms with Crippen molar-refractivity contribution in [1.29, 1.82) is 0 Å². The Labute approximate surface area is 471 Å². The summed E-state index contributed by atoms with van der Waals surface area (Å²) in [6.45, 7) is 21.2. The minimum Gasteiger partial charge on any atom is -0.509 e. The molecule has 76 heavy (non-hydrogen) atoms. The van der Waals surface area contributed by atoms with Crippen molar-refractivity contribution >= 4 is 44.6 Å². The SMILES string of the molecule is [2H]c1c([2H])c2c(c([2H])c1-c1cccc(-c3ccc(-c4cccc(C(C)(C)C)c4)cc3)c1N1[CH-]N(c3[c-]c(Oc4[c-]c5c(cc4)c4ccccc4n5-c4cc(C([2H])([2H])C(C)C)ccn4)ccc3)c3ccccc31)C(C)(C)CCC2(C)C.[Pt]. The van der Waals surface area contributed by atoms with Crippen LogP contribution in [0.25, 0.3) is 61.0 Å². The molecule has 0 saturated heterocycles. The van der Waals surface area contributed by atoms with Gasteiger partial charge < -0.3 is 19.1 Å². The molecule has 0 fully saturated rings. The number of aromatic nitrogens is 2. The predicted molar refractivity (Wildman–Crippen MR) is 313 cm³/mol. The Morgan fingerprint density at radius 1 is 0.658 bits per heavy atom. The van der Waals surface area contributed by atoms with E-state index in [0.29, 0.717) is 40.0 Å². The topological polar surface area (TPSA) is 33.5 Å². The van der Waals surface area contributed by atoms with Crippen molar-refractivity contribution in [3.8, 4) is 50.7 Å². The maximum absolute atomic E-state index is 10.2. The Balaban J connectivity index is 0.00000690. The minimum atomic E-state index is -1.56. The second kappa shape index (κ2) is 19.7. The summed E-state index contributed by atoms with van der Waals surface area (Å²) in [6, 6.07) is 61.1. The average Bonchev–Trinajstić information content (AvgIpc) is 3.00. The molecule has 3 heterocycles. The third-order valence-corrected chi connectivity index (χ3v) is 15.2. The fourth-order valence-corrected chi connectivity index (χ4v) is 11.0. The summed E-state index contributed by atoms with van der Waals surface area (Å²) in [5.41, 5.74) is 13.0. The predicted octanol–water partition coefficient (Wildman–Crippen LogP) is 18.8. The fraction of sp³-hybridized carbons (Fsp3) is 0.229. The second-order valence-corrected chi connectivity index (χ2v) is 22.9. The summed E-state index contributed by atoms with van der Waals surface area (Å²) in [5, 5.41) is 1.98. The first-order chi connectivity index (χ1) is 38.1. The van der Waals surface area contributed by atoms with Crippen LogP contribution in [0.15, 0.2) is 182 Å². The van der Waals surface area contributed by atoms with Crippen molar-refractivity contribution in [2.75, 3.05) is 9.80 Å². The van der Waals surface area contributed by atoms with Gasteiger partial charge in [-0.25, -0.2) is 4.98 Å². The molecule has 0 atom stereocenters. The summed E-state index contributed by atoms with van der Waals surface area (Å²) in [7, 11) is 0. The fourth-order valence-electron chi connectivity index (χ4n) is 11.0. The molecule has 2 aliphatic rings. The van der Waals surface area contributed by atoms with Gasteiger partial charge in [-0.1, -0.05) is 183 Å². The summed E-state index contributed by atoms with van der Waals surface area (Å²) in [6.07, 6.45) is 1.86. The molecule has 8 aromatic carbocycles. The molecular weight excluding hydrogens is 1110 g/mol. The number of pyridine rings is 1. The van der Waals surface area contributed by atoms with Gasteiger partial charge in [0.2, 0.25) is 0 Å². The third-order valence-electron chi connectivity index (χ3n) is 15.2. The number of hydrogen-bond acceptors (Lipinski definition) is 4. The standard InChI is InChI=1S/C70H65N4O.Pt/c1-46(2)39-47-35-38-71-66(40-47)74-62-24-11-10-21-58(62)59-33-32-55(44-65(59)74)75-54-20-15-19-53(43-54)72-45-73(64-26-13-12-25-63(64)72)67-56(49-29-27-48(28-30-49)50-17-14-18-52(41-50)68(3,4)5)22-16-23-57(67)51-31-34-60-61(42-51)70(8,9)37-36-69(60,6)7;/h10-35,38,40-42,45-46H,36-37,39H2,1-9H3;/q-3;/i31D,34D,39D2,42D;. The van der Waals surface area contributed by atoms with Crippen LogP contribution in [-0.2, 0) is 43.7 Å². The van der Waals surface area contributed by atoms with E-state index in [1.165, 1.54) is 5.56 Å². The molecule has 12 rings (SSSR count). The molecule has 0 N–H and O–H groups in total. The number of anilines is 4. The van der Waals surface area contributed by atoms with Gasteiger partial charge in [0.15, 0.2) is 0 Å².